The zero-order valence-electron chi connectivity index (χ0n) is 14.5. The van der Waals surface area contributed by atoms with Gasteiger partial charge in [0.25, 0.3) is 0 Å². The number of nitrogens with zero attached hydrogens (tertiary/aromatic N) is 2. The number of rotatable bonds is 6. The van der Waals surface area contributed by atoms with Crippen molar-refractivity contribution in [1.82, 2.24) is 9.88 Å². The van der Waals surface area contributed by atoms with E-state index >= 15 is 0 Å². The van der Waals surface area contributed by atoms with Gasteiger partial charge in [0.2, 0.25) is 0 Å². The van der Waals surface area contributed by atoms with Crippen molar-refractivity contribution < 1.29 is 9.47 Å². The normalized spacial score (nSPS) is 21.6. The van der Waals surface area contributed by atoms with Gasteiger partial charge in [-0.1, -0.05) is 12.1 Å². The molecule has 4 nitrogen and oxygen atoms in total. The standard InChI is InChI=1S/C20H26N2O2/c1-23-19-5-3-16(4-6-19)13-18-15-22(12-9-20(18)24-2)14-17-7-10-21-11-8-17/h3-8,10-11,18,20H,9,12-15H2,1-2H3/t18-,20+/m1/s1. The van der Waals surface area contributed by atoms with Crippen molar-refractivity contribution in [3.8, 4) is 5.75 Å². The molecular formula is C20H26N2O2. The third-order valence-electron chi connectivity index (χ3n) is 4.86. The highest BCUT2D eigenvalue weighted by atomic mass is 16.5. The predicted octanol–water partition coefficient (Wildman–Crippen LogP) is 3.17. The molecule has 0 unspecified atom stereocenters. The fourth-order valence-corrected chi connectivity index (χ4v) is 3.55. The van der Waals surface area contributed by atoms with Crippen LogP contribution in [0.15, 0.2) is 48.8 Å². The number of ether oxygens (including phenoxy) is 2. The van der Waals surface area contributed by atoms with Crippen molar-refractivity contribution in [2.45, 2.75) is 25.5 Å². The first-order valence-electron chi connectivity index (χ1n) is 8.55. The van der Waals surface area contributed by atoms with E-state index in [-0.39, 0.29) is 0 Å². The van der Waals surface area contributed by atoms with Crippen molar-refractivity contribution in [3.63, 3.8) is 0 Å². The van der Waals surface area contributed by atoms with Gasteiger partial charge in [-0.15, -0.1) is 0 Å². The lowest BCUT2D eigenvalue weighted by Gasteiger charge is -2.38. The Kier molecular flexibility index (Phi) is 5.83. The molecule has 4 heteroatoms. The SMILES string of the molecule is COc1ccc(C[C@@H]2CN(Cc3ccncc3)CC[C@@H]2OC)cc1. The van der Waals surface area contributed by atoms with Gasteiger partial charge in [0.1, 0.15) is 5.75 Å². The number of hydrogen-bond donors (Lipinski definition) is 0. The van der Waals surface area contributed by atoms with Crippen molar-refractivity contribution in [2.75, 3.05) is 27.3 Å². The number of pyridine rings is 1. The molecule has 0 radical (unpaired) electrons. The van der Waals surface area contributed by atoms with Crippen molar-refractivity contribution in [2.24, 2.45) is 5.92 Å². The Labute approximate surface area is 144 Å². The molecule has 2 atom stereocenters. The van der Waals surface area contributed by atoms with E-state index in [2.05, 4.69) is 34.1 Å². The molecule has 1 aliphatic rings. The molecule has 2 aromatic rings. The maximum absolute atomic E-state index is 5.76. The molecular weight excluding hydrogens is 300 g/mol. The fourth-order valence-electron chi connectivity index (χ4n) is 3.55. The molecule has 0 spiro atoms. The molecule has 0 aliphatic carbocycles. The van der Waals surface area contributed by atoms with Crippen molar-refractivity contribution >= 4 is 0 Å². The lowest BCUT2D eigenvalue weighted by Crippen LogP contribution is -2.44. The summed E-state index contributed by atoms with van der Waals surface area (Å²) < 4.78 is 11.0. The lowest BCUT2D eigenvalue weighted by atomic mass is 9.88. The van der Waals surface area contributed by atoms with Gasteiger partial charge in [-0.05, 0) is 48.2 Å². The first-order valence-corrected chi connectivity index (χ1v) is 8.55. The summed E-state index contributed by atoms with van der Waals surface area (Å²) in [6, 6.07) is 12.6. The maximum Gasteiger partial charge on any atom is 0.118 e. The summed E-state index contributed by atoms with van der Waals surface area (Å²) in [7, 11) is 3.54. The predicted molar refractivity (Wildman–Crippen MR) is 95.1 cm³/mol. The molecule has 1 fully saturated rings. The van der Waals surface area contributed by atoms with Gasteiger partial charge in [-0.3, -0.25) is 9.88 Å². The van der Waals surface area contributed by atoms with Crippen LogP contribution in [0.2, 0.25) is 0 Å². The zero-order chi connectivity index (χ0) is 16.8. The van der Waals surface area contributed by atoms with Gasteiger partial charge >= 0.3 is 0 Å². The Balaban J connectivity index is 1.64. The second kappa shape index (κ2) is 8.27. The smallest absolute Gasteiger partial charge is 0.118 e. The second-order valence-corrected chi connectivity index (χ2v) is 6.47. The topological polar surface area (TPSA) is 34.6 Å². The van der Waals surface area contributed by atoms with E-state index in [1.807, 2.05) is 31.6 Å². The molecule has 1 aromatic carbocycles. The van der Waals surface area contributed by atoms with Gasteiger partial charge in [0, 0.05) is 45.1 Å². The highest BCUT2D eigenvalue weighted by Crippen LogP contribution is 2.25. The summed E-state index contributed by atoms with van der Waals surface area (Å²) in [6.07, 6.45) is 6.19. The lowest BCUT2D eigenvalue weighted by molar-refractivity contribution is -0.00849. The third-order valence-corrected chi connectivity index (χ3v) is 4.86. The van der Waals surface area contributed by atoms with Crippen LogP contribution in [0.3, 0.4) is 0 Å². The second-order valence-electron chi connectivity index (χ2n) is 6.47. The highest BCUT2D eigenvalue weighted by molar-refractivity contribution is 5.27. The van der Waals surface area contributed by atoms with E-state index in [0.29, 0.717) is 12.0 Å². The van der Waals surface area contributed by atoms with Crippen LogP contribution >= 0.6 is 0 Å². The van der Waals surface area contributed by atoms with E-state index in [1.165, 1.54) is 11.1 Å². The average Bonchev–Trinajstić information content (AvgIpc) is 2.63. The maximum atomic E-state index is 5.76. The van der Waals surface area contributed by atoms with E-state index in [9.17, 15) is 0 Å². The molecule has 0 amide bonds. The van der Waals surface area contributed by atoms with Crippen LogP contribution in [0.1, 0.15) is 17.5 Å². The fraction of sp³-hybridized carbons (Fsp3) is 0.450. The molecule has 24 heavy (non-hydrogen) atoms. The first-order chi connectivity index (χ1) is 11.8. The van der Waals surface area contributed by atoms with Gasteiger partial charge in [0.05, 0.1) is 13.2 Å². The summed E-state index contributed by atoms with van der Waals surface area (Å²) in [6.45, 7) is 3.13. The molecule has 128 valence electrons. The first kappa shape index (κ1) is 16.9. The Morgan fingerprint density at radius 1 is 1.04 bits per heavy atom. The molecule has 2 heterocycles. The van der Waals surface area contributed by atoms with E-state index < -0.39 is 0 Å². The molecule has 0 bridgehead atoms. The van der Waals surface area contributed by atoms with Gasteiger partial charge in [-0.25, -0.2) is 0 Å². The Morgan fingerprint density at radius 2 is 1.79 bits per heavy atom. The minimum absolute atomic E-state index is 0.334. The Hall–Kier alpha value is -1.91. The minimum Gasteiger partial charge on any atom is -0.497 e. The third kappa shape index (κ3) is 4.34. The molecule has 1 saturated heterocycles. The van der Waals surface area contributed by atoms with Crippen LogP contribution in [0, 0.1) is 5.92 Å². The molecule has 3 rings (SSSR count). The summed E-state index contributed by atoms with van der Waals surface area (Å²) in [4.78, 5) is 6.63. The number of benzene rings is 1. The van der Waals surface area contributed by atoms with Crippen molar-refractivity contribution in [1.29, 1.82) is 0 Å². The van der Waals surface area contributed by atoms with Crippen LogP contribution in [0.5, 0.6) is 5.75 Å². The van der Waals surface area contributed by atoms with E-state index in [4.69, 9.17) is 9.47 Å². The Bertz CT molecular complexity index is 615. The molecule has 0 N–H and O–H groups in total. The van der Waals surface area contributed by atoms with E-state index in [1.54, 1.807) is 7.11 Å². The van der Waals surface area contributed by atoms with Crippen LogP contribution in [0.25, 0.3) is 0 Å². The van der Waals surface area contributed by atoms with Crippen LogP contribution in [0.4, 0.5) is 0 Å². The molecule has 1 aliphatic heterocycles. The number of hydrogen-bond acceptors (Lipinski definition) is 4. The van der Waals surface area contributed by atoms with Crippen molar-refractivity contribution in [3.05, 3.63) is 59.9 Å². The molecule has 0 saturated carbocycles. The van der Waals surface area contributed by atoms with E-state index in [0.717, 1.165) is 38.2 Å². The van der Waals surface area contributed by atoms with Crippen LogP contribution in [-0.2, 0) is 17.7 Å². The van der Waals surface area contributed by atoms with Gasteiger partial charge < -0.3 is 9.47 Å². The number of likely N-dealkylation sites (tertiary alicyclic amines) is 1. The van der Waals surface area contributed by atoms with Crippen LogP contribution < -0.4 is 4.74 Å². The molecule has 1 aromatic heterocycles. The summed E-state index contributed by atoms with van der Waals surface area (Å²) in [5.41, 5.74) is 2.66. The number of piperidine rings is 1. The zero-order valence-corrected chi connectivity index (χ0v) is 14.5. The summed E-state index contributed by atoms with van der Waals surface area (Å²) >= 11 is 0. The monoisotopic (exact) mass is 326 g/mol. The summed E-state index contributed by atoms with van der Waals surface area (Å²) in [5.74, 6) is 1.42. The largest absolute Gasteiger partial charge is 0.497 e. The average molecular weight is 326 g/mol. The number of aromatic nitrogens is 1. The van der Waals surface area contributed by atoms with Crippen LogP contribution in [-0.4, -0.2) is 43.3 Å². The Morgan fingerprint density at radius 3 is 2.46 bits per heavy atom. The number of methoxy groups -OCH3 is 2. The minimum atomic E-state index is 0.334. The van der Waals surface area contributed by atoms with Gasteiger partial charge in [-0.2, -0.15) is 0 Å². The quantitative estimate of drug-likeness (QED) is 0.817. The summed E-state index contributed by atoms with van der Waals surface area (Å²) in [5, 5.41) is 0. The van der Waals surface area contributed by atoms with Gasteiger partial charge in [0.15, 0.2) is 0 Å². The highest BCUT2D eigenvalue weighted by Gasteiger charge is 2.29.